The molecule has 114 valence electrons. The van der Waals surface area contributed by atoms with Gasteiger partial charge in [-0.2, -0.15) is 0 Å². The van der Waals surface area contributed by atoms with Gasteiger partial charge in [0.05, 0.1) is 16.5 Å². The van der Waals surface area contributed by atoms with E-state index in [1.807, 2.05) is 23.7 Å². The number of H-pyrrole nitrogens is 1. The summed E-state index contributed by atoms with van der Waals surface area (Å²) in [6, 6.07) is 6.17. The molecule has 0 amide bonds. The van der Waals surface area contributed by atoms with Crippen molar-refractivity contribution in [3.05, 3.63) is 28.7 Å². The SMILES string of the molecule is C[C@@H]1CN(c2scnc2-c2nc3cc(Cl)ccc3[nH]2)CCN1. The van der Waals surface area contributed by atoms with Crippen molar-refractivity contribution < 1.29 is 0 Å². The van der Waals surface area contributed by atoms with Crippen LogP contribution < -0.4 is 10.2 Å². The lowest BCUT2D eigenvalue weighted by molar-refractivity contribution is 0.486. The maximum Gasteiger partial charge on any atom is 0.160 e. The van der Waals surface area contributed by atoms with E-state index in [0.29, 0.717) is 11.1 Å². The average molecular weight is 334 g/mol. The molecule has 0 unspecified atom stereocenters. The molecule has 3 aromatic rings. The summed E-state index contributed by atoms with van der Waals surface area (Å²) in [6.07, 6.45) is 0. The Balaban J connectivity index is 1.74. The Morgan fingerprint density at radius 3 is 3.18 bits per heavy atom. The summed E-state index contributed by atoms with van der Waals surface area (Å²) in [4.78, 5) is 14.9. The number of hydrogen-bond acceptors (Lipinski definition) is 5. The number of hydrogen-bond donors (Lipinski definition) is 2. The second kappa shape index (κ2) is 5.53. The van der Waals surface area contributed by atoms with Crippen LogP contribution in [0.5, 0.6) is 0 Å². The highest BCUT2D eigenvalue weighted by Crippen LogP contribution is 2.34. The molecule has 2 N–H and O–H groups in total. The van der Waals surface area contributed by atoms with Crippen LogP contribution in [-0.2, 0) is 0 Å². The van der Waals surface area contributed by atoms with E-state index in [2.05, 4.69) is 32.1 Å². The second-order valence-corrected chi connectivity index (χ2v) is 6.82. The predicted molar refractivity (Wildman–Crippen MR) is 91.9 cm³/mol. The number of aromatic nitrogens is 3. The molecule has 0 aliphatic carbocycles. The number of fused-ring (bicyclic) bond motifs is 1. The number of thiazole rings is 1. The van der Waals surface area contributed by atoms with Gasteiger partial charge in [0.25, 0.3) is 0 Å². The third kappa shape index (κ3) is 2.47. The van der Waals surface area contributed by atoms with Gasteiger partial charge in [0, 0.05) is 30.7 Å². The van der Waals surface area contributed by atoms with Crippen LogP contribution >= 0.6 is 22.9 Å². The van der Waals surface area contributed by atoms with Gasteiger partial charge in [-0.05, 0) is 25.1 Å². The Labute approximate surface area is 137 Å². The van der Waals surface area contributed by atoms with Crippen LogP contribution in [0.15, 0.2) is 23.7 Å². The van der Waals surface area contributed by atoms with Gasteiger partial charge in [-0.15, -0.1) is 11.3 Å². The predicted octanol–water partition coefficient (Wildman–Crippen LogP) is 3.14. The van der Waals surface area contributed by atoms with Gasteiger partial charge in [-0.1, -0.05) is 11.6 Å². The maximum absolute atomic E-state index is 6.04. The molecular weight excluding hydrogens is 318 g/mol. The summed E-state index contributed by atoms with van der Waals surface area (Å²) in [5.41, 5.74) is 4.66. The molecule has 1 saturated heterocycles. The van der Waals surface area contributed by atoms with Gasteiger partial charge in [-0.25, -0.2) is 9.97 Å². The largest absolute Gasteiger partial charge is 0.359 e. The van der Waals surface area contributed by atoms with E-state index in [-0.39, 0.29) is 0 Å². The molecule has 7 heteroatoms. The zero-order valence-electron chi connectivity index (χ0n) is 12.1. The third-order valence-electron chi connectivity index (χ3n) is 3.87. The van der Waals surface area contributed by atoms with Crippen LogP contribution in [0, 0.1) is 0 Å². The lowest BCUT2D eigenvalue weighted by Gasteiger charge is -2.32. The van der Waals surface area contributed by atoms with Crippen LogP contribution in [0.4, 0.5) is 5.00 Å². The molecule has 0 saturated carbocycles. The van der Waals surface area contributed by atoms with Gasteiger partial charge >= 0.3 is 0 Å². The first-order valence-corrected chi connectivity index (χ1v) is 8.54. The Morgan fingerprint density at radius 2 is 2.32 bits per heavy atom. The fourth-order valence-corrected chi connectivity index (χ4v) is 3.83. The lowest BCUT2D eigenvalue weighted by Crippen LogP contribution is -2.49. The summed E-state index contributed by atoms with van der Waals surface area (Å²) < 4.78 is 0. The van der Waals surface area contributed by atoms with E-state index in [1.165, 1.54) is 5.00 Å². The molecule has 0 bridgehead atoms. The first-order chi connectivity index (χ1) is 10.7. The standard InChI is InChI=1S/C15H16ClN5S/c1-9-7-21(5-4-17-9)15-13(18-8-22-15)14-19-11-3-2-10(16)6-12(11)20-14/h2-3,6,8-9,17H,4-5,7H2,1H3,(H,19,20)/t9-/m1/s1. The van der Waals surface area contributed by atoms with Crippen molar-refractivity contribution >= 4 is 39.0 Å². The van der Waals surface area contributed by atoms with Crippen LogP contribution in [0.25, 0.3) is 22.6 Å². The molecule has 4 rings (SSSR count). The minimum absolute atomic E-state index is 0.484. The zero-order valence-corrected chi connectivity index (χ0v) is 13.7. The Morgan fingerprint density at radius 1 is 1.41 bits per heavy atom. The van der Waals surface area contributed by atoms with E-state index < -0.39 is 0 Å². The van der Waals surface area contributed by atoms with Gasteiger partial charge in [0.2, 0.25) is 0 Å². The number of aromatic amines is 1. The Bertz CT molecular complexity index is 811. The van der Waals surface area contributed by atoms with Crippen molar-refractivity contribution in [3.8, 4) is 11.5 Å². The maximum atomic E-state index is 6.04. The van der Waals surface area contributed by atoms with Gasteiger partial charge < -0.3 is 15.2 Å². The Kier molecular flexibility index (Phi) is 3.52. The van der Waals surface area contributed by atoms with Crippen LogP contribution in [-0.4, -0.2) is 40.6 Å². The molecular formula is C15H16ClN5S. The zero-order chi connectivity index (χ0) is 15.1. The second-order valence-electron chi connectivity index (χ2n) is 5.55. The molecule has 1 fully saturated rings. The number of piperazine rings is 1. The molecule has 1 aliphatic rings. The summed E-state index contributed by atoms with van der Waals surface area (Å²) in [5.74, 6) is 0.805. The smallest absolute Gasteiger partial charge is 0.160 e. The summed E-state index contributed by atoms with van der Waals surface area (Å²) >= 11 is 7.71. The highest BCUT2D eigenvalue weighted by molar-refractivity contribution is 7.14. The number of anilines is 1. The molecule has 22 heavy (non-hydrogen) atoms. The molecule has 5 nitrogen and oxygen atoms in total. The van der Waals surface area contributed by atoms with Crippen molar-refractivity contribution in [3.63, 3.8) is 0 Å². The monoisotopic (exact) mass is 333 g/mol. The van der Waals surface area contributed by atoms with E-state index in [4.69, 9.17) is 11.6 Å². The molecule has 1 atom stereocenters. The summed E-state index contributed by atoms with van der Waals surface area (Å²) in [6.45, 7) is 5.18. The molecule has 0 radical (unpaired) electrons. The molecule has 0 spiro atoms. The minimum Gasteiger partial charge on any atom is -0.359 e. The molecule has 2 aromatic heterocycles. The van der Waals surface area contributed by atoms with Crippen molar-refractivity contribution in [1.29, 1.82) is 0 Å². The van der Waals surface area contributed by atoms with Crippen molar-refractivity contribution in [2.24, 2.45) is 0 Å². The first-order valence-electron chi connectivity index (χ1n) is 7.28. The number of nitrogens with zero attached hydrogens (tertiary/aromatic N) is 3. The minimum atomic E-state index is 0.484. The quantitative estimate of drug-likeness (QED) is 0.756. The topological polar surface area (TPSA) is 56.8 Å². The van der Waals surface area contributed by atoms with Gasteiger partial charge in [0.15, 0.2) is 5.82 Å². The van der Waals surface area contributed by atoms with Crippen molar-refractivity contribution in [2.45, 2.75) is 13.0 Å². The normalized spacial score (nSPS) is 19.0. The van der Waals surface area contributed by atoms with E-state index >= 15 is 0 Å². The summed E-state index contributed by atoms with van der Waals surface area (Å²) in [7, 11) is 0. The highest BCUT2D eigenvalue weighted by atomic mass is 35.5. The van der Waals surface area contributed by atoms with E-state index in [0.717, 1.165) is 42.2 Å². The lowest BCUT2D eigenvalue weighted by atomic mass is 10.2. The molecule has 1 aliphatic heterocycles. The van der Waals surface area contributed by atoms with Crippen LogP contribution in [0.3, 0.4) is 0 Å². The molecule has 1 aromatic carbocycles. The van der Waals surface area contributed by atoms with Gasteiger partial charge in [-0.3, -0.25) is 0 Å². The fourth-order valence-electron chi connectivity index (χ4n) is 2.83. The van der Waals surface area contributed by atoms with Crippen LogP contribution in [0.1, 0.15) is 6.92 Å². The highest BCUT2D eigenvalue weighted by Gasteiger charge is 2.22. The van der Waals surface area contributed by atoms with E-state index in [9.17, 15) is 0 Å². The average Bonchev–Trinajstić information content (AvgIpc) is 3.12. The van der Waals surface area contributed by atoms with Crippen LogP contribution in [0.2, 0.25) is 5.02 Å². The van der Waals surface area contributed by atoms with Crippen molar-refractivity contribution in [1.82, 2.24) is 20.3 Å². The fraction of sp³-hybridized carbons (Fsp3) is 0.333. The van der Waals surface area contributed by atoms with Crippen molar-refractivity contribution in [2.75, 3.05) is 24.5 Å². The molecule has 3 heterocycles. The number of halogens is 1. The third-order valence-corrected chi connectivity index (χ3v) is 4.99. The summed E-state index contributed by atoms with van der Waals surface area (Å²) in [5, 5.41) is 5.34. The first kappa shape index (κ1) is 14.0. The number of imidazole rings is 1. The number of benzene rings is 1. The van der Waals surface area contributed by atoms with Gasteiger partial charge in [0.1, 0.15) is 10.7 Å². The number of rotatable bonds is 2. The Hall–Kier alpha value is -1.63. The number of nitrogens with one attached hydrogen (secondary N) is 2. The van der Waals surface area contributed by atoms with E-state index in [1.54, 1.807) is 11.3 Å².